The van der Waals surface area contributed by atoms with E-state index in [9.17, 15) is 0 Å². The molecule has 6 heteroatoms. The molecule has 5 nitrogen and oxygen atoms in total. The normalized spacial score (nSPS) is 18.7. The average molecular weight is 273 g/mol. The first kappa shape index (κ1) is 11.3. The molecule has 2 fully saturated rings. The molecule has 2 N–H and O–H groups in total. The third-order valence-electron chi connectivity index (χ3n) is 3.49. The minimum atomic E-state index is 0.546. The largest absolute Gasteiger partial charge is 0.384 e. The van der Waals surface area contributed by atoms with Gasteiger partial charge < -0.3 is 10.3 Å². The van der Waals surface area contributed by atoms with Crippen LogP contribution in [0.1, 0.15) is 43.5 Å². The van der Waals surface area contributed by atoms with Gasteiger partial charge >= 0.3 is 0 Å². The summed E-state index contributed by atoms with van der Waals surface area (Å²) in [5, 5.41) is 10.6. The monoisotopic (exact) mass is 273 g/mol. The molecule has 4 rings (SSSR count). The first-order valence-corrected chi connectivity index (χ1v) is 7.48. The number of nitrogens with two attached hydrogens (primary N) is 1. The Balaban J connectivity index is 1.67. The summed E-state index contributed by atoms with van der Waals surface area (Å²) in [7, 11) is 0. The first-order valence-electron chi connectivity index (χ1n) is 6.66. The average Bonchev–Trinajstić information content (AvgIpc) is 3.30. The number of nitrogens with zero attached hydrogens (tertiary/aromatic N) is 4. The lowest BCUT2D eigenvalue weighted by Crippen LogP contribution is -2.02. The molecule has 2 aromatic heterocycles. The minimum Gasteiger partial charge on any atom is -0.384 e. The minimum absolute atomic E-state index is 0.546. The van der Waals surface area contributed by atoms with Crippen molar-refractivity contribution in [1.82, 2.24) is 19.7 Å². The summed E-state index contributed by atoms with van der Waals surface area (Å²) in [6, 6.07) is 6.29. The van der Waals surface area contributed by atoms with E-state index in [2.05, 4.69) is 19.7 Å². The maximum absolute atomic E-state index is 5.72. The Morgan fingerprint density at radius 3 is 2.68 bits per heavy atom. The van der Waals surface area contributed by atoms with Crippen LogP contribution in [0.25, 0.3) is 0 Å². The summed E-state index contributed by atoms with van der Waals surface area (Å²) in [5.41, 5.74) is 5.72. The predicted octanol–water partition coefficient (Wildman–Crippen LogP) is 2.62. The molecule has 2 saturated carbocycles. The number of hydrogen-bond donors (Lipinski definition) is 1. The van der Waals surface area contributed by atoms with Crippen LogP contribution in [-0.4, -0.2) is 19.7 Å². The van der Waals surface area contributed by atoms with Crippen LogP contribution in [0.2, 0.25) is 0 Å². The number of aromatic nitrogens is 4. The van der Waals surface area contributed by atoms with E-state index in [1.807, 2.05) is 12.1 Å². The van der Waals surface area contributed by atoms with Gasteiger partial charge in [0.05, 0.1) is 0 Å². The van der Waals surface area contributed by atoms with E-state index >= 15 is 0 Å². The van der Waals surface area contributed by atoms with Gasteiger partial charge in [0.25, 0.3) is 0 Å². The summed E-state index contributed by atoms with van der Waals surface area (Å²) in [6.07, 6.45) is 5.00. The molecule has 0 bridgehead atoms. The Hall–Kier alpha value is -1.56. The Morgan fingerprint density at radius 2 is 2.00 bits per heavy atom. The van der Waals surface area contributed by atoms with Crippen molar-refractivity contribution in [1.29, 1.82) is 0 Å². The highest BCUT2D eigenvalue weighted by Gasteiger charge is 2.36. The van der Waals surface area contributed by atoms with Crippen molar-refractivity contribution >= 4 is 17.6 Å². The van der Waals surface area contributed by atoms with Crippen LogP contribution in [0.4, 0.5) is 5.82 Å². The van der Waals surface area contributed by atoms with Crippen LogP contribution >= 0.6 is 11.8 Å². The fraction of sp³-hybridized carbons (Fsp3) is 0.462. The zero-order chi connectivity index (χ0) is 12.8. The zero-order valence-electron chi connectivity index (χ0n) is 10.5. The standard InChI is InChI=1S/C13H15N5S/c14-10-2-1-3-11(15-10)19-13-17-16-12(8-4-5-8)18(13)9-6-7-9/h1-3,8-9H,4-7H2,(H2,14,15). The SMILES string of the molecule is Nc1cccc(Sc2nnc(C3CC3)n2C2CC2)n1. The van der Waals surface area contributed by atoms with E-state index in [0.29, 0.717) is 17.8 Å². The Morgan fingerprint density at radius 1 is 1.16 bits per heavy atom. The van der Waals surface area contributed by atoms with Crippen molar-refractivity contribution in [2.75, 3.05) is 5.73 Å². The second-order valence-electron chi connectivity index (χ2n) is 5.22. The molecule has 2 aliphatic carbocycles. The number of nitrogen functional groups attached to an aromatic ring is 1. The number of pyridine rings is 1. The zero-order valence-corrected chi connectivity index (χ0v) is 11.3. The highest BCUT2D eigenvalue weighted by atomic mass is 32.2. The van der Waals surface area contributed by atoms with Gasteiger partial charge in [-0.05, 0) is 49.6 Å². The van der Waals surface area contributed by atoms with Gasteiger partial charge in [-0.2, -0.15) is 0 Å². The molecule has 2 aliphatic rings. The van der Waals surface area contributed by atoms with Crippen molar-refractivity contribution < 1.29 is 0 Å². The third-order valence-corrected chi connectivity index (χ3v) is 4.38. The molecule has 0 radical (unpaired) electrons. The molecule has 2 heterocycles. The van der Waals surface area contributed by atoms with Crippen LogP contribution in [0, 0.1) is 0 Å². The van der Waals surface area contributed by atoms with Crippen LogP contribution < -0.4 is 5.73 Å². The quantitative estimate of drug-likeness (QED) is 0.927. The molecule has 0 aliphatic heterocycles. The summed E-state index contributed by atoms with van der Waals surface area (Å²) >= 11 is 1.56. The Kier molecular flexibility index (Phi) is 2.51. The van der Waals surface area contributed by atoms with E-state index in [4.69, 9.17) is 5.73 Å². The van der Waals surface area contributed by atoms with Gasteiger partial charge in [0.15, 0.2) is 5.16 Å². The molecule has 0 aromatic carbocycles. The first-order chi connectivity index (χ1) is 9.31. The van der Waals surface area contributed by atoms with Crippen LogP contribution in [0.5, 0.6) is 0 Å². The van der Waals surface area contributed by atoms with E-state index in [1.165, 1.54) is 31.5 Å². The smallest absolute Gasteiger partial charge is 0.197 e. The number of anilines is 1. The predicted molar refractivity (Wildman–Crippen MR) is 73.0 cm³/mol. The maximum atomic E-state index is 5.72. The molecule has 2 aromatic rings. The summed E-state index contributed by atoms with van der Waals surface area (Å²) in [5.74, 6) is 2.36. The van der Waals surface area contributed by atoms with Crippen molar-refractivity contribution in [3.63, 3.8) is 0 Å². The highest BCUT2D eigenvalue weighted by Crippen LogP contribution is 2.46. The molecule has 0 amide bonds. The lowest BCUT2D eigenvalue weighted by Gasteiger charge is -2.07. The Labute approximate surface area is 115 Å². The molecule has 0 unspecified atom stereocenters. The molecule has 0 spiro atoms. The van der Waals surface area contributed by atoms with Crippen molar-refractivity contribution in [3.05, 3.63) is 24.0 Å². The molecule has 98 valence electrons. The molecule has 19 heavy (non-hydrogen) atoms. The van der Waals surface area contributed by atoms with E-state index in [0.717, 1.165) is 10.2 Å². The molecule has 0 saturated heterocycles. The number of rotatable bonds is 4. The molecular formula is C13H15N5S. The van der Waals surface area contributed by atoms with Crippen LogP contribution in [0.3, 0.4) is 0 Å². The van der Waals surface area contributed by atoms with Crippen LogP contribution in [-0.2, 0) is 0 Å². The van der Waals surface area contributed by atoms with Gasteiger partial charge in [0, 0.05) is 12.0 Å². The van der Waals surface area contributed by atoms with E-state index < -0.39 is 0 Å². The maximum Gasteiger partial charge on any atom is 0.197 e. The second-order valence-corrected chi connectivity index (χ2v) is 6.21. The summed E-state index contributed by atoms with van der Waals surface area (Å²) in [4.78, 5) is 4.32. The summed E-state index contributed by atoms with van der Waals surface area (Å²) < 4.78 is 2.33. The second kappa shape index (κ2) is 4.23. The third kappa shape index (κ3) is 2.20. The van der Waals surface area contributed by atoms with Crippen LogP contribution in [0.15, 0.2) is 28.4 Å². The molecular weight excluding hydrogens is 258 g/mol. The molecule has 0 atom stereocenters. The fourth-order valence-electron chi connectivity index (χ4n) is 2.23. The van der Waals surface area contributed by atoms with Gasteiger partial charge in [-0.3, -0.25) is 0 Å². The van der Waals surface area contributed by atoms with E-state index in [-0.39, 0.29) is 0 Å². The van der Waals surface area contributed by atoms with Crippen molar-refractivity contribution in [2.45, 2.75) is 47.8 Å². The topological polar surface area (TPSA) is 69.6 Å². The lowest BCUT2D eigenvalue weighted by atomic mass is 10.4. The van der Waals surface area contributed by atoms with E-state index in [1.54, 1.807) is 17.8 Å². The number of hydrogen-bond acceptors (Lipinski definition) is 5. The summed E-state index contributed by atoms with van der Waals surface area (Å²) in [6.45, 7) is 0. The Bertz CT molecular complexity index is 615. The van der Waals surface area contributed by atoms with Gasteiger partial charge in [0.2, 0.25) is 0 Å². The van der Waals surface area contributed by atoms with Gasteiger partial charge in [-0.15, -0.1) is 10.2 Å². The van der Waals surface area contributed by atoms with Crippen molar-refractivity contribution in [3.8, 4) is 0 Å². The fourth-order valence-corrected chi connectivity index (χ4v) is 3.14. The highest BCUT2D eigenvalue weighted by molar-refractivity contribution is 7.99. The van der Waals surface area contributed by atoms with Gasteiger partial charge in [-0.1, -0.05) is 6.07 Å². The van der Waals surface area contributed by atoms with Gasteiger partial charge in [0.1, 0.15) is 16.7 Å². The van der Waals surface area contributed by atoms with Crippen molar-refractivity contribution in [2.24, 2.45) is 0 Å². The van der Waals surface area contributed by atoms with Gasteiger partial charge in [-0.25, -0.2) is 4.98 Å². The lowest BCUT2D eigenvalue weighted by molar-refractivity contribution is 0.626.